The lowest BCUT2D eigenvalue weighted by atomic mass is 9.85. The number of nitrogens with one attached hydrogen (secondary N) is 1. The Morgan fingerprint density at radius 1 is 0.931 bits per heavy atom. The number of aliphatic imine (C=N–C) groups is 1. The largest absolute Gasteiger partial charge is 0.369 e. The summed E-state index contributed by atoms with van der Waals surface area (Å²) in [5.74, 6) is 2.21. The van der Waals surface area contributed by atoms with Gasteiger partial charge >= 0.3 is 0 Å². The van der Waals surface area contributed by atoms with E-state index >= 15 is 0 Å². The molecule has 5 heteroatoms. The predicted molar refractivity (Wildman–Crippen MR) is 121 cm³/mol. The van der Waals surface area contributed by atoms with Gasteiger partial charge in [-0.1, -0.05) is 64.7 Å². The van der Waals surface area contributed by atoms with Crippen LogP contribution in [0.3, 0.4) is 0 Å². The molecule has 29 heavy (non-hydrogen) atoms. The van der Waals surface area contributed by atoms with Crippen molar-refractivity contribution < 1.29 is 4.79 Å². The van der Waals surface area contributed by atoms with Crippen LogP contribution in [-0.2, 0) is 4.79 Å². The van der Waals surface area contributed by atoms with Crippen LogP contribution in [0, 0.1) is 11.8 Å². The molecule has 1 amide bonds. The molecule has 3 N–H and O–H groups in total. The normalized spacial score (nSPS) is 31.5. The number of carbonyl (C=O) groups excluding carboxylic acids is 1. The van der Waals surface area contributed by atoms with Gasteiger partial charge in [0.05, 0.1) is 0 Å². The van der Waals surface area contributed by atoms with Gasteiger partial charge in [0, 0.05) is 19.1 Å². The van der Waals surface area contributed by atoms with Gasteiger partial charge in [0.15, 0.2) is 5.96 Å². The summed E-state index contributed by atoms with van der Waals surface area (Å²) in [5.41, 5.74) is 5.62. The van der Waals surface area contributed by atoms with Crippen LogP contribution < -0.4 is 11.1 Å². The number of hydrogen-bond donors (Lipinski definition) is 2. The molecule has 1 aliphatic heterocycles. The molecule has 3 aliphatic carbocycles. The third-order valence-electron chi connectivity index (χ3n) is 7.58. The molecule has 5 nitrogen and oxygen atoms in total. The first kappa shape index (κ1) is 22.6. The molecule has 3 fully saturated rings. The van der Waals surface area contributed by atoms with Gasteiger partial charge in [-0.15, -0.1) is 0 Å². The highest BCUT2D eigenvalue weighted by atomic mass is 16.2. The molecule has 0 spiro atoms. The highest BCUT2D eigenvalue weighted by molar-refractivity contribution is 6.03. The molecule has 4 rings (SSSR count). The van der Waals surface area contributed by atoms with Crippen LogP contribution in [0.25, 0.3) is 0 Å². The summed E-state index contributed by atoms with van der Waals surface area (Å²) in [6, 6.07) is 1.52. The van der Waals surface area contributed by atoms with Crippen molar-refractivity contribution in [2.75, 3.05) is 7.05 Å². The van der Waals surface area contributed by atoms with Gasteiger partial charge in [-0.2, -0.15) is 0 Å². The van der Waals surface area contributed by atoms with E-state index in [9.17, 15) is 4.79 Å². The molecular weight excluding hydrogens is 360 g/mol. The maximum atomic E-state index is 11.7. The SMILES string of the molecule is CC1CCCC(NC2CCCC2)C1.CN1C(=O)C(CCC2CCCCC2)N=C1N. The lowest BCUT2D eigenvalue weighted by molar-refractivity contribution is -0.126. The van der Waals surface area contributed by atoms with Gasteiger partial charge in [0.2, 0.25) is 0 Å². The number of rotatable bonds is 5. The van der Waals surface area contributed by atoms with Gasteiger partial charge in [-0.3, -0.25) is 9.69 Å². The molecule has 0 aromatic carbocycles. The first-order chi connectivity index (χ1) is 14.0. The van der Waals surface area contributed by atoms with E-state index in [1.54, 1.807) is 7.05 Å². The fourth-order valence-corrected chi connectivity index (χ4v) is 5.71. The van der Waals surface area contributed by atoms with Crippen molar-refractivity contribution in [1.29, 1.82) is 0 Å². The van der Waals surface area contributed by atoms with Crippen LogP contribution in [0.4, 0.5) is 0 Å². The van der Waals surface area contributed by atoms with Gasteiger partial charge in [0.25, 0.3) is 5.91 Å². The molecule has 3 saturated carbocycles. The number of likely N-dealkylation sites (N-methyl/N-ethyl adjacent to an activating group) is 1. The number of amides is 1. The van der Waals surface area contributed by atoms with E-state index in [1.165, 1.54) is 88.4 Å². The third kappa shape index (κ3) is 6.97. The molecule has 0 radical (unpaired) electrons. The zero-order valence-electron chi connectivity index (χ0n) is 18.9. The Balaban J connectivity index is 0.000000169. The Labute approximate surface area is 178 Å². The number of hydrogen-bond acceptors (Lipinski definition) is 4. The van der Waals surface area contributed by atoms with E-state index in [1.807, 2.05) is 0 Å². The molecule has 0 saturated heterocycles. The number of carbonyl (C=O) groups is 1. The molecular formula is C24H44N4O. The van der Waals surface area contributed by atoms with Crippen molar-refractivity contribution in [3.8, 4) is 0 Å². The van der Waals surface area contributed by atoms with Crippen molar-refractivity contribution in [3.05, 3.63) is 0 Å². The van der Waals surface area contributed by atoms with E-state index in [0.29, 0.717) is 5.96 Å². The molecule has 0 aromatic heterocycles. The Morgan fingerprint density at radius 2 is 1.59 bits per heavy atom. The highest BCUT2D eigenvalue weighted by Crippen LogP contribution is 2.29. The number of nitrogens with two attached hydrogens (primary N) is 1. The van der Waals surface area contributed by atoms with Crippen molar-refractivity contribution in [3.63, 3.8) is 0 Å². The van der Waals surface area contributed by atoms with Crippen LogP contribution in [-0.4, -0.2) is 41.9 Å². The second-order valence-electron chi connectivity index (χ2n) is 10.1. The van der Waals surface area contributed by atoms with Crippen molar-refractivity contribution >= 4 is 11.9 Å². The van der Waals surface area contributed by atoms with Gasteiger partial charge in [-0.25, -0.2) is 4.99 Å². The van der Waals surface area contributed by atoms with Gasteiger partial charge in [-0.05, 0) is 50.4 Å². The Hall–Kier alpha value is -1.10. The van der Waals surface area contributed by atoms with E-state index in [0.717, 1.165) is 36.8 Å². The minimum atomic E-state index is -0.202. The van der Waals surface area contributed by atoms with Crippen LogP contribution in [0.15, 0.2) is 4.99 Å². The molecule has 0 aromatic rings. The predicted octanol–water partition coefficient (Wildman–Crippen LogP) is 4.60. The Morgan fingerprint density at radius 3 is 2.21 bits per heavy atom. The van der Waals surface area contributed by atoms with Crippen molar-refractivity contribution in [2.24, 2.45) is 22.6 Å². The third-order valence-corrected chi connectivity index (χ3v) is 7.58. The standard InChI is InChI=1S/C12H21N3O.C12H23N/c1-15-11(16)10(14-12(15)13)8-7-9-5-3-2-4-6-9;1-10-5-4-8-12(9-10)13-11-6-2-3-7-11/h9-10H,2-8H2,1H3,(H2,13,14);10-13H,2-9H2,1H3. The average molecular weight is 405 g/mol. The van der Waals surface area contributed by atoms with E-state index < -0.39 is 0 Å². The quantitative estimate of drug-likeness (QED) is 0.703. The first-order valence-electron chi connectivity index (χ1n) is 12.4. The lowest BCUT2D eigenvalue weighted by Gasteiger charge is -2.30. The monoisotopic (exact) mass is 404 g/mol. The van der Waals surface area contributed by atoms with Crippen LogP contribution in [0.2, 0.25) is 0 Å². The maximum Gasteiger partial charge on any atom is 0.253 e. The maximum absolute atomic E-state index is 11.7. The van der Waals surface area contributed by atoms with Gasteiger partial charge in [0.1, 0.15) is 6.04 Å². The van der Waals surface area contributed by atoms with Crippen LogP contribution >= 0.6 is 0 Å². The van der Waals surface area contributed by atoms with Gasteiger partial charge < -0.3 is 11.1 Å². The molecule has 3 unspecified atom stereocenters. The molecule has 0 bridgehead atoms. The summed E-state index contributed by atoms with van der Waals surface area (Å²) in [6.07, 6.45) is 20.3. The zero-order chi connectivity index (χ0) is 20.6. The molecule has 3 atom stereocenters. The summed E-state index contributed by atoms with van der Waals surface area (Å²) in [4.78, 5) is 17.4. The molecule has 166 valence electrons. The van der Waals surface area contributed by atoms with Crippen LogP contribution in [0.1, 0.15) is 103 Å². The van der Waals surface area contributed by atoms with E-state index in [4.69, 9.17) is 5.73 Å². The van der Waals surface area contributed by atoms with E-state index in [-0.39, 0.29) is 11.9 Å². The first-order valence-corrected chi connectivity index (χ1v) is 12.4. The fraction of sp³-hybridized carbons (Fsp3) is 0.917. The Bertz CT molecular complexity index is 537. The van der Waals surface area contributed by atoms with Crippen molar-refractivity contribution in [1.82, 2.24) is 10.2 Å². The second-order valence-corrected chi connectivity index (χ2v) is 10.1. The molecule has 1 heterocycles. The zero-order valence-corrected chi connectivity index (χ0v) is 18.9. The van der Waals surface area contributed by atoms with Crippen LogP contribution in [0.5, 0.6) is 0 Å². The minimum Gasteiger partial charge on any atom is -0.369 e. The summed E-state index contributed by atoms with van der Waals surface area (Å²) < 4.78 is 0. The second kappa shape index (κ2) is 11.3. The van der Waals surface area contributed by atoms with Crippen molar-refractivity contribution in [2.45, 2.75) is 121 Å². The molecule has 4 aliphatic rings. The lowest BCUT2D eigenvalue weighted by Crippen LogP contribution is -2.39. The fourth-order valence-electron chi connectivity index (χ4n) is 5.71. The summed E-state index contributed by atoms with van der Waals surface area (Å²) in [6.45, 7) is 2.41. The summed E-state index contributed by atoms with van der Waals surface area (Å²) >= 11 is 0. The summed E-state index contributed by atoms with van der Waals surface area (Å²) in [5, 5.41) is 3.85. The smallest absolute Gasteiger partial charge is 0.253 e. The highest BCUT2D eigenvalue weighted by Gasteiger charge is 2.30. The summed E-state index contributed by atoms with van der Waals surface area (Å²) in [7, 11) is 1.70. The number of nitrogens with zero attached hydrogens (tertiary/aromatic N) is 2. The number of guanidine groups is 1. The topological polar surface area (TPSA) is 70.7 Å². The minimum absolute atomic E-state index is 0.0632. The van der Waals surface area contributed by atoms with E-state index in [2.05, 4.69) is 17.2 Å². The average Bonchev–Trinajstić information content (AvgIpc) is 3.32. The Kier molecular flexibility index (Phi) is 8.83.